The minimum absolute atomic E-state index is 0.303. The maximum atomic E-state index is 4.76. The highest BCUT2D eigenvalue weighted by Gasteiger charge is 2.14. The normalized spacial score (nSPS) is 13.1. The zero-order valence-electron chi connectivity index (χ0n) is 12.1. The zero-order chi connectivity index (χ0) is 13.7. The maximum absolute atomic E-state index is 4.76. The molecule has 3 heteroatoms. The lowest BCUT2D eigenvalue weighted by molar-refractivity contribution is 0.423. The Kier molecular flexibility index (Phi) is 4.86. The summed E-state index contributed by atoms with van der Waals surface area (Å²) in [5.41, 5.74) is 3.00. The van der Waals surface area contributed by atoms with E-state index in [2.05, 4.69) is 31.1 Å². The van der Waals surface area contributed by atoms with Gasteiger partial charge >= 0.3 is 0 Å². The molecule has 2 aromatic rings. The van der Waals surface area contributed by atoms with Crippen LogP contribution in [0.2, 0.25) is 0 Å². The van der Waals surface area contributed by atoms with Gasteiger partial charge in [0.25, 0.3) is 0 Å². The predicted molar refractivity (Wildman–Crippen MR) is 80.0 cm³/mol. The molecular formula is C16H23N3. The molecule has 0 aliphatic carbocycles. The van der Waals surface area contributed by atoms with E-state index in [0.717, 1.165) is 36.1 Å². The first-order valence-corrected chi connectivity index (χ1v) is 7.15. The average molecular weight is 257 g/mol. The van der Waals surface area contributed by atoms with Gasteiger partial charge in [-0.1, -0.05) is 32.9 Å². The van der Waals surface area contributed by atoms with Crippen LogP contribution in [0.1, 0.15) is 45.3 Å². The highest BCUT2D eigenvalue weighted by Crippen LogP contribution is 2.21. The molecule has 3 nitrogen and oxygen atoms in total. The van der Waals surface area contributed by atoms with Crippen LogP contribution in [0.4, 0.5) is 0 Å². The van der Waals surface area contributed by atoms with Crippen LogP contribution in [0.5, 0.6) is 0 Å². The molecule has 1 unspecified atom stereocenters. The van der Waals surface area contributed by atoms with Crippen molar-refractivity contribution in [2.24, 2.45) is 5.92 Å². The minimum Gasteiger partial charge on any atom is -0.309 e. The van der Waals surface area contributed by atoms with Crippen LogP contribution in [0.25, 0.3) is 11.0 Å². The number of nitrogens with zero attached hydrogens (tertiary/aromatic N) is 2. The van der Waals surface area contributed by atoms with E-state index in [-0.39, 0.29) is 0 Å². The third kappa shape index (κ3) is 3.74. The molecule has 0 fully saturated rings. The van der Waals surface area contributed by atoms with Gasteiger partial charge in [0.05, 0.1) is 29.0 Å². The smallest absolute Gasteiger partial charge is 0.0890 e. The molecule has 102 valence electrons. The lowest BCUT2D eigenvalue weighted by Gasteiger charge is -2.20. The van der Waals surface area contributed by atoms with Crippen molar-refractivity contribution in [3.05, 3.63) is 36.2 Å². The molecule has 0 amide bonds. The van der Waals surface area contributed by atoms with E-state index < -0.39 is 0 Å². The summed E-state index contributed by atoms with van der Waals surface area (Å²) in [7, 11) is 0. The van der Waals surface area contributed by atoms with E-state index in [9.17, 15) is 0 Å². The summed E-state index contributed by atoms with van der Waals surface area (Å²) in [4.78, 5) is 9.27. The van der Waals surface area contributed by atoms with Crippen molar-refractivity contribution in [1.29, 1.82) is 0 Å². The molecule has 0 saturated heterocycles. The number of para-hydroxylation sites is 2. The molecule has 0 aliphatic rings. The van der Waals surface area contributed by atoms with Crippen LogP contribution in [-0.2, 0) is 0 Å². The number of rotatable bonds is 6. The Morgan fingerprint density at radius 2 is 1.89 bits per heavy atom. The van der Waals surface area contributed by atoms with E-state index in [1.54, 1.807) is 0 Å². The molecule has 0 bridgehead atoms. The van der Waals surface area contributed by atoms with E-state index in [1.807, 2.05) is 30.5 Å². The number of hydrogen-bond donors (Lipinski definition) is 1. The van der Waals surface area contributed by atoms with Crippen molar-refractivity contribution in [1.82, 2.24) is 15.3 Å². The van der Waals surface area contributed by atoms with Gasteiger partial charge < -0.3 is 5.32 Å². The molecule has 1 atom stereocenters. The Morgan fingerprint density at radius 1 is 1.16 bits per heavy atom. The molecule has 0 radical (unpaired) electrons. The van der Waals surface area contributed by atoms with Crippen molar-refractivity contribution in [3.63, 3.8) is 0 Å². The second-order valence-electron chi connectivity index (χ2n) is 5.42. The van der Waals surface area contributed by atoms with Crippen molar-refractivity contribution in [2.45, 2.75) is 39.7 Å². The largest absolute Gasteiger partial charge is 0.309 e. The van der Waals surface area contributed by atoms with E-state index in [0.29, 0.717) is 12.0 Å². The molecule has 0 aliphatic heterocycles. The van der Waals surface area contributed by atoms with Gasteiger partial charge in [-0.05, 0) is 37.4 Å². The fourth-order valence-corrected chi connectivity index (χ4v) is 2.24. The van der Waals surface area contributed by atoms with Crippen LogP contribution in [0, 0.1) is 5.92 Å². The van der Waals surface area contributed by atoms with Crippen LogP contribution in [0.3, 0.4) is 0 Å². The molecule has 1 N–H and O–H groups in total. The maximum Gasteiger partial charge on any atom is 0.0890 e. The third-order valence-corrected chi connectivity index (χ3v) is 3.17. The Labute approximate surface area is 115 Å². The van der Waals surface area contributed by atoms with Gasteiger partial charge in [-0.15, -0.1) is 0 Å². The second kappa shape index (κ2) is 6.62. The number of nitrogens with one attached hydrogen (secondary N) is 1. The van der Waals surface area contributed by atoms with Crippen LogP contribution in [0.15, 0.2) is 30.5 Å². The van der Waals surface area contributed by atoms with Gasteiger partial charge in [0.15, 0.2) is 0 Å². The summed E-state index contributed by atoms with van der Waals surface area (Å²) in [6.45, 7) is 7.70. The van der Waals surface area contributed by atoms with Crippen LogP contribution < -0.4 is 5.32 Å². The Bertz CT molecular complexity index is 522. The average Bonchev–Trinajstić information content (AvgIpc) is 2.42. The highest BCUT2D eigenvalue weighted by atomic mass is 15.0. The van der Waals surface area contributed by atoms with Crippen molar-refractivity contribution in [3.8, 4) is 0 Å². The van der Waals surface area contributed by atoms with Crippen LogP contribution >= 0.6 is 0 Å². The van der Waals surface area contributed by atoms with Crippen molar-refractivity contribution in [2.75, 3.05) is 6.54 Å². The Morgan fingerprint density at radius 3 is 2.58 bits per heavy atom. The molecule has 1 heterocycles. The molecule has 0 saturated carbocycles. The third-order valence-electron chi connectivity index (χ3n) is 3.17. The predicted octanol–water partition coefficient (Wildman–Crippen LogP) is 3.72. The van der Waals surface area contributed by atoms with Gasteiger partial charge in [-0.25, -0.2) is 4.98 Å². The molecule has 1 aromatic heterocycles. The molecule has 0 spiro atoms. The molecule has 19 heavy (non-hydrogen) atoms. The fourth-order valence-electron chi connectivity index (χ4n) is 2.24. The topological polar surface area (TPSA) is 37.8 Å². The summed E-state index contributed by atoms with van der Waals surface area (Å²) < 4.78 is 0. The molecule has 1 aromatic carbocycles. The highest BCUT2D eigenvalue weighted by molar-refractivity contribution is 5.73. The van der Waals surface area contributed by atoms with Gasteiger partial charge in [0.2, 0.25) is 0 Å². The Hall–Kier alpha value is -1.48. The van der Waals surface area contributed by atoms with Crippen molar-refractivity contribution < 1.29 is 0 Å². The van der Waals surface area contributed by atoms with E-state index >= 15 is 0 Å². The van der Waals surface area contributed by atoms with E-state index in [1.165, 1.54) is 0 Å². The first-order chi connectivity index (χ1) is 9.20. The first-order valence-electron chi connectivity index (χ1n) is 7.15. The van der Waals surface area contributed by atoms with Crippen molar-refractivity contribution >= 4 is 11.0 Å². The summed E-state index contributed by atoms with van der Waals surface area (Å²) in [6, 6.07) is 8.34. The lowest BCUT2D eigenvalue weighted by Crippen LogP contribution is -2.24. The molecular weight excluding hydrogens is 234 g/mol. The number of hydrogen-bond acceptors (Lipinski definition) is 3. The SMILES string of the molecule is CCCNC(CC(C)C)c1cnc2ccccc2n1. The monoisotopic (exact) mass is 257 g/mol. The quantitative estimate of drug-likeness (QED) is 0.857. The number of fused-ring (bicyclic) bond motifs is 1. The fraction of sp³-hybridized carbons (Fsp3) is 0.500. The lowest BCUT2D eigenvalue weighted by atomic mass is 10.0. The van der Waals surface area contributed by atoms with Gasteiger partial charge in [0, 0.05) is 0 Å². The van der Waals surface area contributed by atoms with Crippen LogP contribution in [-0.4, -0.2) is 16.5 Å². The van der Waals surface area contributed by atoms with Gasteiger partial charge in [-0.2, -0.15) is 0 Å². The summed E-state index contributed by atoms with van der Waals surface area (Å²) in [5.74, 6) is 0.641. The first kappa shape index (κ1) is 13.9. The zero-order valence-corrected chi connectivity index (χ0v) is 12.1. The van der Waals surface area contributed by atoms with E-state index in [4.69, 9.17) is 4.98 Å². The van der Waals surface area contributed by atoms with Gasteiger partial charge in [0.1, 0.15) is 0 Å². The summed E-state index contributed by atoms with van der Waals surface area (Å²) >= 11 is 0. The van der Waals surface area contributed by atoms with Gasteiger partial charge in [-0.3, -0.25) is 4.98 Å². The number of benzene rings is 1. The number of aromatic nitrogens is 2. The second-order valence-corrected chi connectivity index (χ2v) is 5.42. The summed E-state index contributed by atoms with van der Waals surface area (Å²) in [6.07, 6.45) is 4.14. The summed E-state index contributed by atoms with van der Waals surface area (Å²) in [5, 5.41) is 3.58. The minimum atomic E-state index is 0.303. The molecule has 2 rings (SSSR count). The standard InChI is InChI=1S/C16H23N3/c1-4-9-17-15(10-12(2)3)16-11-18-13-7-5-6-8-14(13)19-16/h5-8,11-12,15,17H,4,9-10H2,1-3H3. The Balaban J connectivity index is 2.26.